The molecule has 0 saturated carbocycles. The number of carbonyl (C=O) groups excluding carboxylic acids is 2. The lowest BCUT2D eigenvalue weighted by atomic mass is 9.87. The summed E-state index contributed by atoms with van der Waals surface area (Å²) in [4.78, 5) is 35.0. The van der Waals surface area contributed by atoms with Crippen LogP contribution >= 0.6 is 0 Å². The number of carbonyl (C=O) groups is 2. The highest BCUT2D eigenvalue weighted by molar-refractivity contribution is 5.99. The first-order valence-electron chi connectivity index (χ1n) is 11.8. The van der Waals surface area contributed by atoms with Crippen molar-refractivity contribution in [1.29, 1.82) is 0 Å². The van der Waals surface area contributed by atoms with Crippen LogP contribution in [0.5, 0.6) is 0 Å². The average Bonchev–Trinajstić information content (AvgIpc) is 3.18. The van der Waals surface area contributed by atoms with Crippen molar-refractivity contribution in [3.8, 4) is 11.3 Å². The van der Waals surface area contributed by atoms with Gasteiger partial charge in [-0.1, -0.05) is 20.8 Å². The molecular weight excluding hydrogens is 449 g/mol. The first-order valence-corrected chi connectivity index (χ1v) is 11.8. The summed E-state index contributed by atoms with van der Waals surface area (Å²) in [5.41, 5.74) is 1.88. The third-order valence-electron chi connectivity index (χ3n) is 6.92. The van der Waals surface area contributed by atoms with Crippen LogP contribution in [-0.2, 0) is 14.9 Å². The van der Waals surface area contributed by atoms with Gasteiger partial charge < -0.3 is 14.5 Å². The minimum Gasteiger partial charge on any atom is -0.377 e. The highest BCUT2D eigenvalue weighted by atomic mass is 19.1. The number of halogens is 1. The Morgan fingerprint density at radius 1 is 1.14 bits per heavy atom. The lowest BCUT2D eigenvalue weighted by molar-refractivity contribution is -0.161. The van der Waals surface area contributed by atoms with Crippen LogP contribution in [0.3, 0.4) is 0 Å². The van der Waals surface area contributed by atoms with E-state index in [1.54, 1.807) is 41.6 Å². The molecule has 8 nitrogen and oxygen atoms in total. The zero-order valence-corrected chi connectivity index (χ0v) is 20.7. The third-order valence-corrected chi connectivity index (χ3v) is 6.92. The number of amides is 2. The molecule has 0 bridgehead atoms. The van der Waals surface area contributed by atoms with Crippen molar-refractivity contribution >= 4 is 17.5 Å². The molecule has 3 aromatic rings. The number of nitrogens with zero attached hydrogens (tertiary/aromatic N) is 5. The van der Waals surface area contributed by atoms with E-state index in [2.05, 4.69) is 30.9 Å². The van der Waals surface area contributed by atoms with Gasteiger partial charge in [-0.25, -0.2) is 13.9 Å². The Hall–Kier alpha value is -3.33. The van der Waals surface area contributed by atoms with Gasteiger partial charge in [0.05, 0.1) is 31.1 Å². The van der Waals surface area contributed by atoms with Crippen LogP contribution in [0, 0.1) is 5.82 Å². The first-order chi connectivity index (χ1) is 16.5. The molecule has 2 aliphatic heterocycles. The smallest absolute Gasteiger partial charge is 0.275 e. The monoisotopic (exact) mass is 479 g/mol. The first kappa shape index (κ1) is 23.4. The van der Waals surface area contributed by atoms with Crippen molar-refractivity contribution in [2.75, 3.05) is 26.3 Å². The van der Waals surface area contributed by atoms with Gasteiger partial charge in [0, 0.05) is 24.2 Å². The molecule has 2 aliphatic rings. The topological polar surface area (TPSA) is 80.0 Å². The van der Waals surface area contributed by atoms with Crippen LogP contribution < -0.4 is 0 Å². The summed E-state index contributed by atoms with van der Waals surface area (Å²) in [5, 5.41) is 4.67. The Labute approximate surface area is 203 Å². The Balaban J connectivity index is 1.53. The van der Waals surface area contributed by atoms with Gasteiger partial charge in [-0.3, -0.25) is 9.59 Å². The summed E-state index contributed by atoms with van der Waals surface area (Å²) < 4.78 is 20.3. The molecular formula is C26H30FN5O3. The van der Waals surface area contributed by atoms with Crippen molar-refractivity contribution in [2.24, 2.45) is 0 Å². The van der Waals surface area contributed by atoms with E-state index in [9.17, 15) is 14.0 Å². The lowest BCUT2D eigenvalue weighted by Gasteiger charge is -2.49. The Morgan fingerprint density at radius 2 is 1.83 bits per heavy atom. The van der Waals surface area contributed by atoms with Gasteiger partial charge in [0.25, 0.3) is 5.91 Å². The van der Waals surface area contributed by atoms with E-state index in [0.717, 1.165) is 11.1 Å². The zero-order chi connectivity index (χ0) is 25.1. The van der Waals surface area contributed by atoms with Crippen LogP contribution in [0.15, 0.2) is 36.5 Å². The molecule has 0 spiro atoms. The summed E-state index contributed by atoms with van der Waals surface area (Å²) in [6.45, 7) is 11.7. The average molecular weight is 480 g/mol. The number of hydrogen-bond donors (Lipinski definition) is 0. The van der Waals surface area contributed by atoms with Gasteiger partial charge in [0.15, 0.2) is 5.65 Å². The summed E-state index contributed by atoms with van der Waals surface area (Å²) in [7, 11) is 0. The largest absolute Gasteiger partial charge is 0.377 e. The molecule has 4 heterocycles. The normalized spacial score (nSPS) is 18.7. The third kappa shape index (κ3) is 3.97. The Morgan fingerprint density at radius 3 is 2.43 bits per heavy atom. The fraction of sp³-hybridized carbons (Fsp3) is 0.462. The van der Waals surface area contributed by atoms with Gasteiger partial charge in [-0.2, -0.15) is 5.10 Å². The van der Waals surface area contributed by atoms with Gasteiger partial charge in [0.1, 0.15) is 17.1 Å². The number of benzene rings is 1. The maximum atomic E-state index is 13.6. The summed E-state index contributed by atoms with van der Waals surface area (Å²) in [6.07, 6.45) is 1.62. The molecule has 9 heteroatoms. The standard InChI is InChI=1S/C26H30FN5O3/c1-25(2,3)19-12-20(16-6-8-17(27)9-7-16)29-32-13-21(28-22(19)32)23(33)31-11-10-30(18-14-35-15-18)24(34)26(31,4)5/h6-9,12-13,18H,10-11,14-15H2,1-5H3. The van der Waals surface area contributed by atoms with Crippen molar-refractivity contribution < 1.29 is 18.7 Å². The second-order valence-corrected chi connectivity index (χ2v) is 10.8. The highest BCUT2D eigenvalue weighted by Crippen LogP contribution is 2.31. The Bertz CT molecular complexity index is 1310. The number of imidazole rings is 1. The van der Waals surface area contributed by atoms with Gasteiger partial charge >= 0.3 is 0 Å². The number of aromatic nitrogens is 3. The number of fused-ring (bicyclic) bond motifs is 1. The van der Waals surface area contributed by atoms with Gasteiger partial charge in [0.2, 0.25) is 5.91 Å². The van der Waals surface area contributed by atoms with Crippen LogP contribution in [-0.4, -0.2) is 74.1 Å². The predicted octanol–water partition coefficient (Wildman–Crippen LogP) is 3.29. The van der Waals surface area contributed by atoms with E-state index in [-0.39, 0.29) is 34.8 Å². The van der Waals surface area contributed by atoms with Crippen molar-refractivity contribution in [1.82, 2.24) is 24.4 Å². The maximum Gasteiger partial charge on any atom is 0.275 e. The zero-order valence-electron chi connectivity index (χ0n) is 20.7. The van der Waals surface area contributed by atoms with Gasteiger partial charge in [-0.05, 0) is 49.6 Å². The minimum absolute atomic E-state index is 0.0812. The lowest BCUT2D eigenvalue weighted by Crippen LogP contribution is -2.68. The van der Waals surface area contributed by atoms with Crippen molar-refractivity contribution in [3.63, 3.8) is 0 Å². The molecule has 5 rings (SSSR count). The summed E-state index contributed by atoms with van der Waals surface area (Å²) in [5.74, 6) is -0.703. The van der Waals surface area contributed by atoms with Crippen molar-refractivity contribution in [3.05, 3.63) is 53.6 Å². The van der Waals surface area contributed by atoms with Crippen molar-refractivity contribution in [2.45, 2.75) is 51.6 Å². The number of piperazine rings is 1. The molecule has 184 valence electrons. The highest BCUT2D eigenvalue weighted by Gasteiger charge is 2.47. The molecule has 2 aromatic heterocycles. The molecule has 1 aromatic carbocycles. The SMILES string of the molecule is CC(C)(C)c1cc(-c2ccc(F)cc2)nn2cc(C(=O)N3CCN(C4COC4)C(=O)C3(C)C)nc12. The fourth-order valence-electron chi connectivity index (χ4n) is 4.69. The molecule has 2 fully saturated rings. The molecule has 2 amide bonds. The summed E-state index contributed by atoms with van der Waals surface area (Å²) >= 11 is 0. The van der Waals surface area contributed by atoms with E-state index in [0.29, 0.717) is 37.6 Å². The minimum atomic E-state index is -1.000. The Kier molecular flexibility index (Phi) is 5.43. The van der Waals surface area contributed by atoms with Crippen LogP contribution in [0.25, 0.3) is 16.9 Å². The molecule has 0 unspecified atom stereocenters. The van der Waals surface area contributed by atoms with Crippen LogP contribution in [0.2, 0.25) is 0 Å². The van der Waals surface area contributed by atoms with Crippen LogP contribution in [0.1, 0.15) is 50.7 Å². The maximum absolute atomic E-state index is 13.6. The molecule has 0 aliphatic carbocycles. The molecule has 0 atom stereocenters. The van der Waals surface area contributed by atoms with E-state index < -0.39 is 5.54 Å². The molecule has 0 N–H and O–H groups in total. The second kappa shape index (κ2) is 8.12. The van der Waals surface area contributed by atoms with Gasteiger partial charge in [-0.15, -0.1) is 0 Å². The number of ether oxygens (including phenoxy) is 1. The van der Waals surface area contributed by atoms with E-state index >= 15 is 0 Å². The molecule has 2 saturated heterocycles. The van der Waals surface area contributed by atoms with E-state index in [4.69, 9.17) is 4.74 Å². The molecule has 35 heavy (non-hydrogen) atoms. The quantitative estimate of drug-likeness (QED) is 0.576. The number of hydrogen-bond acceptors (Lipinski definition) is 5. The van der Waals surface area contributed by atoms with Crippen LogP contribution in [0.4, 0.5) is 4.39 Å². The van der Waals surface area contributed by atoms with E-state index in [1.165, 1.54) is 12.1 Å². The number of rotatable bonds is 3. The predicted molar refractivity (Wildman–Crippen MR) is 129 cm³/mol. The molecule has 0 radical (unpaired) electrons. The summed E-state index contributed by atoms with van der Waals surface area (Å²) in [6, 6.07) is 8.18. The van der Waals surface area contributed by atoms with E-state index in [1.807, 2.05) is 11.0 Å². The fourth-order valence-corrected chi connectivity index (χ4v) is 4.69. The second-order valence-electron chi connectivity index (χ2n) is 10.8.